The summed E-state index contributed by atoms with van der Waals surface area (Å²) in [5.74, 6) is 0.348. The summed E-state index contributed by atoms with van der Waals surface area (Å²) in [5.41, 5.74) is 2.89. The van der Waals surface area contributed by atoms with Crippen molar-refractivity contribution >= 4 is 50.8 Å². The first-order chi connectivity index (χ1) is 18.0. The zero-order chi connectivity index (χ0) is 26.0. The minimum absolute atomic E-state index is 0.0245. The number of nitrogens with zero attached hydrogens (tertiary/aromatic N) is 1. The van der Waals surface area contributed by atoms with Crippen LogP contribution in [0, 0.1) is 0 Å². The van der Waals surface area contributed by atoms with Gasteiger partial charge in [-0.1, -0.05) is 49.2 Å². The maximum Gasteiger partial charge on any atom is 0.257 e. The number of nitrogens with one attached hydrogen (secondary N) is 2. The Hall–Kier alpha value is -3.23. The van der Waals surface area contributed by atoms with Crippen LogP contribution in [0.25, 0.3) is 0 Å². The van der Waals surface area contributed by atoms with Crippen molar-refractivity contribution in [3.05, 3.63) is 94.0 Å². The van der Waals surface area contributed by atoms with Crippen molar-refractivity contribution in [1.29, 1.82) is 0 Å². The van der Waals surface area contributed by atoms with Gasteiger partial charge in [0.25, 0.3) is 11.8 Å². The zero-order valence-corrected chi connectivity index (χ0v) is 22.9. The van der Waals surface area contributed by atoms with Crippen LogP contribution in [0.4, 0.5) is 5.69 Å². The second kappa shape index (κ2) is 13.4. The predicted molar refractivity (Wildman–Crippen MR) is 154 cm³/mol. The number of carbonyl (C=O) groups is 2. The molecule has 1 saturated heterocycles. The molecular formula is C29H30BrN3O3S. The molecule has 0 unspecified atom stereocenters. The topological polar surface area (TPSA) is 70.7 Å². The molecule has 6 nitrogen and oxygen atoms in total. The number of likely N-dealkylation sites (tertiary alicyclic amines) is 1. The third-order valence-corrected chi connectivity index (χ3v) is 7.00. The predicted octanol–water partition coefficient (Wildman–Crippen LogP) is 6.21. The summed E-state index contributed by atoms with van der Waals surface area (Å²) in [5, 5.41) is 5.87. The van der Waals surface area contributed by atoms with E-state index in [1.807, 2.05) is 35.2 Å². The molecule has 1 fully saturated rings. The van der Waals surface area contributed by atoms with Gasteiger partial charge >= 0.3 is 0 Å². The van der Waals surface area contributed by atoms with E-state index in [9.17, 15) is 9.59 Å². The Morgan fingerprint density at radius 2 is 1.65 bits per heavy atom. The van der Waals surface area contributed by atoms with E-state index in [0.29, 0.717) is 33.6 Å². The molecule has 3 aromatic carbocycles. The molecule has 4 rings (SSSR count). The first kappa shape index (κ1) is 26.8. The van der Waals surface area contributed by atoms with E-state index in [-0.39, 0.29) is 16.9 Å². The van der Waals surface area contributed by atoms with Gasteiger partial charge in [-0.25, -0.2) is 0 Å². The van der Waals surface area contributed by atoms with E-state index in [2.05, 4.69) is 38.7 Å². The van der Waals surface area contributed by atoms with Crippen molar-refractivity contribution in [2.75, 3.05) is 25.0 Å². The lowest BCUT2D eigenvalue weighted by atomic mass is 10.1. The van der Waals surface area contributed by atoms with Crippen molar-refractivity contribution in [3.63, 3.8) is 0 Å². The summed E-state index contributed by atoms with van der Waals surface area (Å²) in [6.07, 6.45) is 5.20. The number of benzene rings is 3. The fourth-order valence-corrected chi connectivity index (χ4v) is 4.91. The summed E-state index contributed by atoms with van der Waals surface area (Å²) in [4.78, 5) is 27.6. The standard InChI is InChI=1S/C29H30BrN3O3S/c30-25-20-22(13-14-26(25)36-18-15-21-9-4-3-5-10-21)27(34)32-29(37)31-24-12-8-11-23(19-24)28(35)33-16-6-1-2-7-17-33/h3-5,8-14,19-20H,1-2,6-7,15-18H2,(H2,31,32,34,37). The largest absolute Gasteiger partial charge is 0.492 e. The van der Waals surface area contributed by atoms with E-state index in [1.54, 1.807) is 30.3 Å². The third kappa shape index (κ3) is 7.87. The van der Waals surface area contributed by atoms with Gasteiger partial charge in [0.15, 0.2) is 5.11 Å². The molecule has 2 N–H and O–H groups in total. The normalized spacial score (nSPS) is 13.4. The Bertz CT molecular complexity index is 1240. The number of rotatable bonds is 7. The minimum atomic E-state index is -0.342. The molecular weight excluding hydrogens is 550 g/mol. The van der Waals surface area contributed by atoms with Gasteiger partial charge in [0, 0.05) is 36.3 Å². The highest BCUT2D eigenvalue weighted by atomic mass is 79.9. The van der Waals surface area contributed by atoms with Crippen LogP contribution in [0.15, 0.2) is 77.3 Å². The van der Waals surface area contributed by atoms with Gasteiger partial charge in [-0.05, 0) is 83.0 Å². The van der Waals surface area contributed by atoms with E-state index < -0.39 is 0 Å². The number of thiocarbonyl (C=S) groups is 1. The fraction of sp³-hybridized carbons (Fsp3) is 0.276. The average molecular weight is 581 g/mol. The minimum Gasteiger partial charge on any atom is -0.492 e. The summed E-state index contributed by atoms with van der Waals surface area (Å²) < 4.78 is 6.56. The van der Waals surface area contributed by atoms with Gasteiger partial charge < -0.3 is 15.0 Å². The second-order valence-electron chi connectivity index (χ2n) is 8.92. The van der Waals surface area contributed by atoms with E-state index in [0.717, 1.165) is 32.4 Å². The lowest BCUT2D eigenvalue weighted by Crippen LogP contribution is -2.34. The molecule has 1 heterocycles. The molecule has 37 heavy (non-hydrogen) atoms. The van der Waals surface area contributed by atoms with Gasteiger partial charge in [0.1, 0.15) is 5.75 Å². The van der Waals surface area contributed by atoms with Crippen LogP contribution in [-0.2, 0) is 6.42 Å². The maximum atomic E-state index is 12.9. The van der Waals surface area contributed by atoms with Crippen LogP contribution < -0.4 is 15.4 Å². The third-order valence-electron chi connectivity index (χ3n) is 6.17. The van der Waals surface area contributed by atoms with Crippen molar-refractivity contribution < 1.29 is 14.3 Å². The first-order valence-electron chi connectivity index (χ1n) is 12.5. The van der Waals surface area contributed by atoms with Gasteiger partial charge in [-0.2, -0.15) is 0 Å². The molecule has 0 spiro atoms. The number of anilines is 1. The molecule has 192 valence electrons. The van der Waals surface area contributed by atoms with E-state index >= 15 is 0 Å². The quantitative estimate of drug-likeness (QED) is 0.325. The van der Waals surface area contributed by atoms with Crippen LogP contribution in [0.2, 0.25) is 0 Å². The van der Waals surface area contributed by atoms with E-state index in [1.165, 1.54) is 18.4 Å². The molecule has 2 amide bonds. The summed E-state index contributed by atoms with van der Waals surface area (Å²) in [7, 11) is 0. The second-order valence-corrected chi connectivity index (χ2v) is 10.2. The SMILES string of the molecule is O=C(NC(=S)Nc1cccc(C(=O)N2CCCCCC2)c1)c1ccc(OCCc2ccccc2)c(Br)c1. The molecule has 0 bridgehead atoms. The summed E-state index contributed by atoms with van der Waals surface area (Å²) in [6.45, 7) is 2.11. The molecule has 1 aliphatic heterocycles. The molecule has 0 radical (unpaired) electrons. The molecule has 0 atom stereocenters. The first-order valence-corrected chi connectivity index (χ1v) is 13.7. The monoisotopic (exact) mass is 579 g/mol. The van der Waals surface area contributed by atoms with Crippen LogP contribution >= 0.6 is 28.1 Å². The number of hydrogen-bond acceptors (Lipinski definition) is 4. The smallest absolute Gasteiger partial charge is 0.257 e. The molecule has 0 aromatic heterocycles. The van der Waals surface area contributed by atoms with Crippen LogP contribution in [-0.4, -0.2) is 41.5 Å². The number of halogens is 1. The lowest BCUT2D eigenvalue weighted by Gasteiger charge is -2.20. The Balaban J connectivity index is 1.30. The van der Waals surface area contributed by atoms with Crippen molar-refractivity contribution in [1.82, 2.24) is 10.2 Å². The van der Waals surface area contributed by atoms with Crippen molar-refractivity contribution in [2.24, 2.45) is 0 Å². The van der Waals surface area contributed by atoms with Gasteiger partial charge in [0.05, 0.1) is 11.1 Å². The average Bonchev–Trinajstić information content (AvgIpc) is 3.19. The van der Waals surface area contributed by atoms with Gasteiger partial charge in [-0.15, -0.1) is 0 Å². The van der Waals surface area contributed by atoms with Gasteiger partial charge in [-0.3, -0.25) is 14.9 Å². The summed E-state index contributed by atoms with van der Waals surface area (Å²) in [6, 6.07) is 22.5. The molecule has 0 saturated carbocycles. The fourth-order valence-electron chi connectivity index (χ4n) is 4.21. The lowest BCUT2D eigenvalue weighted by molar-refractivity contribution is 0.0761. The van der Waals surface area contributed by atoms with Crippen LogP contribution in [0.1, 0.15) is 52.0 Å². The number of amides is 2. The highest BCUT2D eigenvalue weighted by Gasteiger charge is 2.18. The molecule has 0 aliphatic carbocycles. The Morgan fingerprint density at radius 3 is 2.38 bits per heavy atom. The molecule has 1 aliphatic rings. The highest BCUT2D eigenvalue weighted by molar-refractivity contribution is 9.10. The Kier molecular flexibility index (Phi) is 9.68. The summed E-state index contributed by atoms with van der Waals surface area (Å²) >= 11 is 8.84. The number of carbonyl (C=O) groups excluding carboxylic acids is 2. The van der Waals surface area contributed by atoms with Crippen molar-refractivity contribution in [3.8, 4) is 5.75 Å². The highest BCUT2D eigenvalue weighted by Crippen LogP contribution is 2.26. The van der Waals surface area contributed by atoms with Crippen molar-refractivity contribution in [2.45, 2.75) is 32.1 Å². The van der Waals surface area contributed by atoms with E-state index in [4.69, 9.17) is 17.0 Å². The maximum absolute atomic E-state index is 12.9. The number of hydrogen-bond donors (Lipinski definition) is 2. The Morgan fingerprint density at radius 1 is 0.892 bits per heavy atom. The van der Waals surface area contributed by atoms with Crippen LogP contribution in [0.5, 0.6) is 5.75 Å². The molecule has 3 aromatic rings. The van der Waals surface area contributed by atoms with Crippen LogP contribution in [0.3, 0.4) is 0 Å². The van der Waals surface area contributed by atoms with Gasteiger partial charge in [0.2, 0.25) is 0 Å². The zero-order valence-electron chi connectivity index (χ0n) is 20.5. The number of ether oxygens (including phenoxy) is 1. The Labute approximate surface area is 231 Å². The molecule has 8 heteroatoms.